The lowest BCUT2D eigenvalue weighted by Gasteiger charge is -2.17. The van der Waals surface area contributed by atoms with Gasteiger partial charge in [0.2, 0.25) is 0 Å². The molecule has 32 heavy (non-hydrogen) atoms. The Kier molecular flexibility index (Phi) is 4.53. The summed E-state index contributed by atoms with van der Waals surface area (Å²) in [6.45, 7) is 0.850. The maximum absolute atomic E-state index is 12.7. The van der Waals surface area contributed by atoms with Crippen molar-refractivity contribution < 1.29 is 9.53 Å². The first-order valence-electron chi connectivity index (χ1n) is 11.1. The first kappa shape index (κ1) is 18.9. The van der Waals surface area contributed by atoms with E-state index in [1.165, 1.54) is 44.5 Å². The lowest BCUT2D eigenvalue weighted by atomic mass is 9.97. The Bertz CT molecular complexity index is 1130. The first-order chi connectivity index (χ1) is 15.8. The molecular formula is C29H23NO2. The molecule has 3 heteroatoms. The molecule has 0 spiro atoms. The molecule has 6 rings (SSSR count). The molecular weight excluding hydrogens is 394 g/mol. The predicted octanol–water partition coefficient (Wildman–Crippen LogP) is 6.34. The zero-order chi connectivity index (χ0) is 21.5. The van der Waals surface area contributed by atoms with Gasteiger partial charge in [0, 0.05) is 18.4 Å². The Balaban J connectivity index is 1.16. The average Bonchev–Trinajstić information content (AvgIpc) is 3.34. The van der Waals surface area contributed by atoms with Crippen molar-refractivity contribution in [1.29, 1.82) is 0 Å². The summed E-state index contributed by atoms with van der Waals surface area (Å²) in [5, 5.41) is 3.02. The predicted molar refractivity (Wildman–Crippen MR) is 127 cm³/mol. The highest BCUT2D eigenvalue weighted by Gasteiger charge is 2.30. The normalized spacial score (nSPS) is 13.8. The summed E-state index contributed by atoms with van der Waals surface area (Å²) in [5.74, 6) is 0.212. The number of hydrogen-bond donors (Lipinski definition) is 1. The van der Waals surface area contributed by atoms with Gasteiger partial charge in [-0.25, -0.2) is 4.79 Å². The van der Waals surface area contributed by atoms with Crippen molar-refractivity contribution >= 4 is 6.09 Å². The van der Waals surface area contributed by atoms with Gasteiger partial charge in [0.15, 0.2) is 0 Å². The van der Waals surface area contributed by atoms with Crippen LogP contribution in [0, 0.1) is 0 Å². The number of amides is 1. The first-order valence-corrected chi connectivity index (χ1v) is 11.1. The van der Waals surface area contributed by atoms with Crippen LogP contribution in [0.1, 0.15) is 34.1 Å². The molecule has 0 saturated carbocycles. The molecule has 0 fully saturated rings. The Labute approximate surface area is 187 Å². The Hall–Kier alpha value is -3.85. The molecule has 0 saturated heterocycles. The highest BCUT2D eigenvalue weighted by atomic mass is 16.5. The van der Waals surface area contributed by atoms with E-state index in [-0.39, 0.29) is 17.9 Å². The summed E-state index contributed by atoms with van der Waals surface area (Å²) in [6, 6.07) is 33.6. The molecule has 0 atom stereocenters. The van der Waals surface area contributed by atoms with Crippen molar-refractivity contribution in [3.05, 3.63) is 119 Å². The number of alkyl carbamates (subject to hydrolysis) is 1. The van der Waals surface area contributed by atoms with E-state index in [1.54, 1.807) is 0 Å². The number of rotatable bonds is 4. The number of carbonyl (C=O) groups excluding carboxylic acids is 1. The van der Waals surface area contributed by atoms with E-state index in [0.29, 0.717) is 13.2 Å². The molecule has 4 aromatic carbocycles. The van der Waals surface area contributed by atoms with Gasteiger partial charge in [0.25, 0.3) is 0 Å². The van der Waals surface area contributed by atoms with E-state index >= 15 is 0 Å². The third kappa shape index (κ3) is 3.01. The summed E-state index contributed by atoms with van der Waals surface area (Å²) in [5.41, 5.74) is 9.93. The summed E-state index contributed by atoms with van der Waals surface area (Å²) in [4.78, 5) is 12.7. The second kappa shape index (κ2) is 7.69. The van der Waals surface area contributed by atoms with Crippen LogP contribution < -0.4 is 5.32 Å². The quantitative estimate of drug-likeness (QED) is 0.421. The topological polar surface area (TPSA) is 38.3 Å². The van der Waals surface area contributed by atoms with Crippen LogP contribution in [0.15, 0.2) is 97.1 Å². The summed E-state index contributed by atoms with van der Waals surface area (Å²) >= 11 is 0. The highest BCUT2D eigenvalue weighted by Crippen LogP contribution is 2.45. The van der Waals surface area contributed by atoms with Gasteiger partial charge < -0.3 is 10.1 Å². The molecule has 0 unspecified atom stereocenters. The maximum atomic E-state index is 12.7. The lowest BCUT2D eigenvalue weighted by molar-refractivity contribution is 0.143. The van der Waals surface area contributed by atoms with Crippen molar-refractivity contribution in [1.82, 2.24) is 5.32 Å². The number of nitrogens with one attached hydrogen (secondary N) is 1. The fraction of sp³-hybridized carbons (Fsp3) is 0.138. The molecule has 3 nitrogen and oxygen atoms in total. The van der Waals surface area contributed by atoms with Crippen LogP contribution in [-0.2, 0) is 4.74 Å². The monoisotopic (exact) mass is 417 g/mol. The minimum atomic E-state index is -0.367. The number of benzene rings is 4. The number of hydrogen-bond acceptors (Lipinski definition) is 2. The van der Waals surface area contributed by atoms with Gasteiger partial charge in [-0.15, -0.1) is 0 Å². The standard InChI is InChI=1S/C29H23NO2/c31-29(30-17-27-23-13-5-1-9-19(23)20-10-2-6-14-24(20)27)32-18-28-25-15-7-3-11-21(25)22-12-4-8-16-26(22)28/h1-16,27-28H,17-18H2,(H,30,31). The van der Waals surface area contributed by atoms with Crippen LogP contribution in [0.4, 0.5) is 4.79 Å². The van der Waals surface area contributed by atoms with E-state index in [0.717, 1.165) is 0 Å². The van der Waals surface area contributed by atoms with Gasteiger partial charge in [0.05, 0.1) is 0 Å². The second-order valence-electron chi connectivity index (χ2n) is 8.43. The van der Waals surface area contributed by atoms with E-state index in [2.05, 4.69) is 90.2 Å². The molecule has 1 N–H and O–H groups in total. The molecule has 156 valence electrons. The van der Waals surface area contributed by atoms with Crippen LogP contribution in [0.2, 0.25) is 0 Å². The number of fused-ring (bicyclic) bond motifs is 6. The minimum absolute atomic E-state index is 0.0704. The molecule has 0 heterocycles. The smallest absolute Gasteiger partial charge is 0.407 e. The summed E-state index contributed by atoms with van der Waals surface area (Å²) in [6.07, 6.45) is -0.367. The molecule has 2 aliphatic rings. The number of carbonyl (C=O) groups is 1. The molecule has 0 aromatic heterocycles. The molecule has 0 aliphatic heterocycles. The van der Waals surface area contributed by atoms with Crippen LogP contribution in [0.3, 0.4) is 0 Å². The molecule has 1 amide bonds. The van der Waals surface area contributed by atoms with Crippen molar-refractivity contribution in [2.75, 3.05) is 13.2 Å². The van der Waals surface area contributed by atoms with Gasteiger partial charge in [-0.1, -0.05) is 97.1 Å². The van der Waals surface area contributed by atoms with Gasteiger partial charge in [-0.05, 0) is 44.5 Å². The van der Waals surface area contributed by atoms with Gasteiger partial charge in [-0.2, -0.15) is 0 Å². The third-order valence-corrected chi connectivity index (χ3v) is 6.76. The van der Waals surface area contributed by atoms with E-state index < -0.39 is 0 Å². The molecule has 2 aliphatic carbocycles. The van der Waals surface area contributed by atoms with Crippen molar-refractivity contribution in [2.24, 2.45) is 0 Å². The maximum Gasteiger partial charge on any atom is 0.407 e. The third-order valence-electron chi connectivity index (χ3n) is 6.76. The van der Waals surface area contributed by atoms with Crippen molar-refractivity contribution in [3.8, 4) is 22.3 Å². The van der Waals surface area contributed by atoms with E-state index in [9.17, 15) is 4.79 Å². The van der Waals surface area contributed by atoms with Crippen molar-refractivity contribution in [2.45, 2.75) is 11.8 Å². The Morgan fingerprint density at radius 1 is 0.594 bits per heavy atom. The lowest BCUT2D eigenvalue weighted by Crippen LogP contribution is -2.30. The van der Waals surface area contributed by atoms with Gasteiger partial charge in [-0.3, -0.25) is 0 Å². The van der Waals surface area contributed by atoms with Gasteiger partial charge in [0.1, 0.15) is 6.61 Å². The zero-order valence-electron chi connectivity index (χ0n) is 17.6. The number of ether oxygens (including phenoxy) is 1. The average molecular weight is 418 g/mol. The Morgan fingerprint density at radius 3 is 1.41 bits per heavy atom. The molecule has 0 bridgehead atoms. The summed E-state index contributed by atoms with van der Waals surface area (Å²) < 4.78 is 5.73. The largest absolute Gasteiger partial charge is 0.449 e. The SMILES string of the molecule is O=C(NCC1c2ccccc2-c2ccccc21)OCC1c2ccccc2-c2ccccc21. The van der Waals surface area contributed by atoms with Gasteiger partial charge >= 0.3 is 6.09 Å². The van der Waals surface area contributed by atoms with Crippen molar-refractivity contribution in [3.63, 3.8) is 0 Å². The second-order valence-corrected chi connectivity index (χ2v) is 8.43. The summed E-state index contributed by atoms with van der Waals surface area (Å²) in [7, 11) is 0. The zero-order valence-corrected chi connectivity index (χ0v) is 17.6. The Morgan fingerprint density at radius 2 is 0.969 bits per heavy atom. The molecule has 0 radical (unpaired) electrons. The highest BCUT2D eigenvalue weighted by molar-refractivity contribution is 5.80. The molecule has 4 aromatic rings. The van der Waals surface area contributed by atoms with E-state index in [1.807, 2.05) is 12.1 Å². The van der Waals surface area contributed by atoms with Crippen LogP contribution in [0.25, 0.3) is 22.3 Å². The van der Waals surface area contributed by atoms with E-state index in [4.69, 9.17) is 4.74 Å². The minimum Gasteiger partial charge on any atom is -0.449 e. The fourth-order valence-electron chi connectivity index (χ4n) is 5.31. The van der Waals surface area contributed by atoms with Crippen LogP contribution in [-0.4, -0.2) is 19.2 Å². The van der Waals surface area contributed by atoms with Crippen LogP contribution >= 0.6 is 0 Å². The van der Waals surface area contributed by atoms with Crippen LogP contribution in [0.5, 0.6) is 0 Å². The fourth-order valence-corrected chi connectivity index (χ4v) is 5.31.